The summed E-state index contributed by atoms with van der Waals surface area (Å²) in [6.45, 7) is 3.33. The maximum atomic E-state index is 12.0. The van der Waals surface area contributed by atoms with Gasteiger partial charge >= 0.3 is 23.9 Å². The van der Waals surface area contributed by atoms with Gasteiger partial charge in [0.15, 0.2) is 0 Å². The fourth-order valence-corrected chi connectivity index (χ4v) is 1.63. The van der Waals surface area contributed by atoms with Crippen LogP contribution in [0.25, 0.3) is 0 Å². The zero-order chi connectivity index (χ0) is 17.0. The molecule has 1 unspecified atom stereocenters. The van der Waals surface area contributed by atoms with Crippen molar-refractivity contribution in [3.63, 3.8) is 0 Å². The molecule has 22 heavy (non-hydrogen) atoms. The lowest BCUT2D eigenvalue weighted by atomic mass is 9.98. The molecule has 0 bridgehead atoms. The molecule has 0 spiro atoms. The summed E-state index contributed by atoms with van der Waals surface area (Å²) in [5, 5.41) is 27.1. The van der Waals surface area contributed by atoms with Crippen LogP contribution in [0.5, 0.6) is 0 Å². The number of carboxylic acid groups (broad SMARTS) is 3. The third-order valence-corrected chi connectivity index (χ3v) is 2.95. The standard InChI is InChI=1S/C14H14O8/c1-3-6(2)22-14(21)10-5-8(12(17)18)7(11(15)16)4-9(10)13(19)20/h4-6H,3H2,1-2H3,(H,15,16)(H,17,18)(H,19,20). The van der Waals surface area contributed by atoms with Gasteiger partial charge in [0, 0.05) is 0 Å². The molecule has 0 saturated carbocycles. The first-order chi connectivity index (χ1) is 10.2. The lowest BCUT2D eigenvalue weighted by Crippen LogP contribution is -2.20. The Labute approximate surface area is 124 Å². The highest BCUT2D eigenvalue weighted by Crippen LogP contribution is 2.20. The van der Waals surface area contributed by atoms with Crippen LogP contribution in [0.2, 0.25) is 0 Å². The lowest BCUT2D eigenvalue weighted by molar-refractivity contribution is 0.0327. The van der Waals surface area contributed by atoms with Crippen LogP contribution in [0.1, 0.15) is 61.7 Å². The third-order valence-electron chi connectivity index (χ3n) is 2.95. The van der Waals surface area contributed by atoms with Gasteiger partial charge in [-0.25, -0.2) is 19.2 Å². The van der Waals surface area contributed by atoms with Crippen molar-refractivity contribution in [2.75, 3.05) is 0 Å². The van der Waals surface area contributed by atoms with Crippen molar-refractivity contribution in [2.24, 2.45) is 0 Å². The molecule has 0 aliphatic carbocycles. The summed E-state index contributed by atoms with van der Waals surface area (Å²) in [4.78, 5) is 45.3. The highest BCUT2D eigenvalue weighted by atomic mass is 16.5. The Bertz CT molecular complexity index is 646. The summed E-state index contributed by atoms with van der Waals surface area (Å²) >= 11 is 0. The predicted molar refractivity (Wildman–Crippen MR) is 72.5 cm³/mol. The highest BCUT2D eigenvalue weighted by Gasteiger charge is 2.26. The molecule has 0 aromatic heterocycles. The van der Waals surface area contributed by atoms with Crippen molar-refractivity contribution in [3.05, 3.63) is 34.4 Å². The number of carboxylic acids is 3. The van der Waals surface area contributed by atoms with Crippen molar-refractivity contribution >= 4 is 23.9 Å². The molecule has 1 aromatic rings. The monoisotopic (exact) mass is 310 g/mol. The number of rotatable bonds is 6. The number of carbonyl (C=O) groups excluding carboxylic acids is 1. The summed E-state index contributed by atoms with van der Waals surface area (Å²) < 4.78 is 4.97. The molecule has 8 nitrogen and oxygen atoms in total. The number of benzene rings is 1. The number of hydrogen-bond donors (Lipinski definition) is 3. The van der Waals surface area contributed by atoms with E-state index >= 15 is 0 Å². The Morgan fingerprint density at radius 2 is 1.27 bits per heavy atom. The zero-order valence-corrected chi connectivity index (χ0v) is 11.8. The van der Waals surface area contributed by atoms with Crippen molar-refractivity contribution in [1.29, 1.82) is 0 Å². The van der Waals surface area contributed by atoms with Gasteiger partial charge in [0.05, 0.1) is 28.4 Å². The Balaban J connectivity index is 3.51. The van der Waals surface area contributed by atoms with Gasteiger partial charge < -0.3 is 20.1 Å². The maximum absolute atomic E-state index is 12.0. The minimum Gasteiger partial charge on any atom is -0.478 e. The summed E-state index contributed by atoms with van der Waals surface area (Å²) in [7, 11) is 0. The lowest BCUT2D eigenvalue weighted by Gasteiger charge is -2.13. The SMILES string of the molecule is CCC(C)OC(=O)c1cc(C(=O)O)c(C(=O)O)cc1C(=O)O. The minimum absolute atomic E-state index is 0.479. The molecule has 0 aliphatic rings. The van der Waals surface area contributed by atoms with E-state index in [1.165, 1.54) is 0 Å². The van der Waals surface area contributed by atoms with Crippen LogP contribution < -0.4 is 0 Å². The molecule has 0 heterocycles. The molecule has 118 valence electrons. The van der Waals surface area contributed by atoms with Gasteiger partial charge in [-0.1, -0.05) is 6.92 Å². The number of hydrogen-bond acceptors (Lipinski definition) is 5. The van der Waals surface area contributed by atoms with Gasteiger partial charge in [-0.15, -0.1) is 0 Å². The minimum atomic E-state index is -1.61. The van der Waals surface area contributed by atoms with E-state index in [2.05, 4.69) is 0 Å². The van der Waals surface area contributed by atoms with Gasteiger partial charge in [0.25, 0.3) is 0 Å². The first-order valence-corrected chi connectivity index (χ1v) is 6.27. The Morgan fingerprint density at radius 3 is 1.64 bits per heavy atom. The Hall–Kier alpha value is -2.90. The fourth-order valence-electron chi connectivity index (χ4n) is 1.63. The van der Waals surface area contributed by atoms with Gasteiger partial charge in [-0.05, 0) is 25.5 Å². The van der Waals surface area contributed by atoms with E-state index in [0.717, 1.165) is 0 Å². The van der Waals surface area contributed by atoms with E-state index in [9.17, 15) is 19.2 Å². The second-order valence-corrected chi connectivity index (χ2v) is 4.48. The number of carbonyl (C=O) groups is 4. The van der Waals surface area contributed by atoms with Crippen LogP contribution in [-0.4, -0.2) is 45.3 Å². The zero-order valence-electron chi connectivity index (χ0n) is 11.8. The van der Waals surface area contributed by atoms with Gasteiger partial charge in [0.1, 0.15) is 0 Å². The second kappa shape index (κ2) is 6.70. The molecular weight excluding hydrogens is 296 g/mol. The van der Waals surface area contributed by atoms with Crippen molar-refractivity contribution in [1.82, 2.24) is 0 Å². The predicted octanol–water partition coefficient (Wildman–Crippen LogP) is 1.74. The van der Waals surface area contributed by atoms with E-state index < -0.39 is 52.2 Å². The summed E-state index contributed by atoms with van der Waals surface area (Å²) in [5.74, 6) is -5.78. The molecule has 0 radical (unpaired) electrons. The molecule has 3 N–H and O–H groups in total. The molecule has 1 rings (SSSR count). The molecule has 0 amide bonds. The Morgan fingerprint density at radius 1 is 0.909 bits per heavy atom. The average molecular weight is 310 g/mol. The summed E-state index contributed by atoms with van der Waals surface area (Å²) in [6, 6.07) is 1.35. The van der Waals surface area contributed by atoms with Crippen molar-refractivity contribution in [2.45, 2.75) is 26.4 Å². The van der Waals surface area contributed by atoms with Crippen LogP contribution in [0, 0.1) is 0 Å². The van der Waals surface area contributed by atoms with Gasteiger partial charge in [-0.2, -0.15) is 0 Å². The largest absolute Gasteiger partial charge is 0.478 e. The number of aromatic carboxylic acids is 3. The highest BCUT2D eigenvalue weighted by molar-refractivity contribution is 6.09. The average Bonchev–Trinajstić information content (AvgIpc) is 2.44. The van der Waals surface area contributed by atoms with Crippen LogP contribution in [0.3, 0.4) is 0 Å². The fraction of sp³-hybridized carbons (Fsp3) is 0.286. The van der Waals surface area contributed by atoms with Crippen LogP contribution in [0.4, 0.5) is 0 Å². The molecule has 0 fully saturated rings. The van der Waals surface area contributed by atoms with E-state index in [0.29, 0.717) is 18.6 Å². The summed E-state index contributed by atoms with van der Waals surface area (Å²) in [5.41, 5.74) is -2.54. The molecule has 0 aliphatic heterocycles. The normalized spacial score (nSPS) is 11.5. The Kier molecular flexibility index (Phi) is 5.23. The van der Waals surface area contributed by atoms with Gasteiger partial charge in [-0.3, -0.25) is 0 Å². The van der Waals surface area contributed by atoms with Crippen molar-refractivity contribution < 1.29 is 39.2 Å². The van der Waals surface area contributed by atoms with Crippen LogP contribution in [-0.2, 0) is 4.74 Å². The third kappa shape index (κ3) is 3.60. The first kappa shape index (κ1) is 17.2. The number of esters is 1. The summed E-state index contributed by atoms with van der Waals surface area (Å²) in [6.07, 6.45) is -0.0192. The van der Waals surface area contributed by atoms with E-state index in [1.807, 2.05) is 0 Å². The quantitative estimate of drug-likeness (QED) is 0.675. The first-order valence-electron chi connectivity index (χ1n) is 6.27. The molecule has 8 heteroatoms. The van der Waals surface area contributed by atoms with Crippen molar-refractivity contribution in [3.8, 4) is 0 Å². The molecular formula is C14H14O8. The van der Waals surface area contributed by atoms with Gasteiger partial charge in [0.2, 0.25) is 0 Å². The maximum Gasteiger partial charge on any atom is 0.339 e. The van der Waals surface area contributed by atoms with E-state index in [1.54, 1.807) is 13.8 Å². The molecule has 1 atom stereocenters. The molecule has 0 saturated heterocycles. The van der Waals surface area contributed by atoms with Crippen LogP contribution >= 0.6 is 0 Å². The number of ether oxygens (including phenoxy) is 1. The van der Waals surface area contributed by atoms with E-state index in [4.69, 9.17) is 20.1 Å². The molecule has 1 aromatic carbocycles. The van der Waals surface area contributed by atoms with E-state index in [-0.39, 0.29) is 0 Å². The smallest absolute Gasteiger partial charge is 0.339 e. The van der Waals surface area contributed by atoms with Crippen LogP contribution in [0.15, 0.2) is 12.1 Å². The topological polar surface area (TPSA) is 138 Å². The second-order valence-electron chi connectivity index (χ2n) is 4.48.